The van der Waals surface area contributed by atoms with Crippen LogP contribution >= 0.6 is 0 Å². The van der Waals surface area contributed by atoms with Gasteiger partial charge < -0.3 is 9.88 Å². The maximum Gasteiger partial charge on any atom is 0.432 e. The SMILES string of the molecule is O=C(c1cc(C(F)(F)F)[nH]n1)N1CCCC(c2cc3ncccc3[nH]2)C1. The van der Waals surface area contributed by atoms with Crippen LogP contribution in [0.1, 0.15) is 40.6 Å². The Balaban J connectivity index is 1.52. The minimum atomic E-state index is -4.55. The first-order chi connectivity index (χ1) is 12.4. The van der Waals surface area contributed by atoms with Crippen molar-refractivity contribution in [3.8, 4) is 0 Å². The molecule has 136 valence electrons. The average Bonchev–Trinajstić information content (AvgIpc) is 3.28. The minimum Gasteiger partial charge on any atom is -0.357 e. The third kappa shape index (κ3) is 3.04. The Labute approximate surface area is 146 Å². The Hall–Kier alpha value is -2.84. The van der Waals surface area contributed by atoms with E-state index in [0.717, 1.165) is 35.6 Å². The minimum absolute atomic E-state index is 0.0860. The number of pyridine rings is 1. The number of nitrogens with one attached hydrogen (secondary N) is 2. The number of carbonyl (C=O) groups excluding carboxylic acids is 1. The number of alkyl halides is 3. The van der Waals surface area contributed by atoms with Crippen molar-refractivity contribution in [1.82, 2.24) is 25.1 Å². The number of amides is 1. The van der Waals surface area contributed by atoms with E-state index < -0.39 is 17.8 Å². The fourth-order valence-electron chi connectivity index (χ4n) is 3.35. The Kier molecular flexibility index (Phi) is 3.93. The van der Waals surface area contributed by atoms with Crippen LogP contribution in [0.4, 0.5) is 13.2 Å². The third-order valence-corrected chi connectivity index (χ3v) is 4.66. The zero-order valence-electron chi connectivity index (χ0n) is 13.7. The lowest BCUT2D eigenvalue weighted by Gasteiger charge is -2.31. The van der Waals surface area contributed by atoms with Crippen molar-refractivity contribution in [2.75, 3.05) is 13.1 Å². The van der Waals surface area contributed by atoms with Crippen LogP contribution < -0.4 is 0 Å². The van der Waals surface area contributed by atoms with Gasteiger partial charge in [0.15, 0.2) is 5.69 Å². The molecule has 1 aliphatic rings. The molecule has 0 radical (unpaired) electrons. The highest BCUT2D eigenvalue weighted by molar-refractivity contribution is 5.92. The monoisotopic (exact) mass is 363 g/mol. The third-order valence-electron chi connectivity index (χ3n) is 4.66. The van der Waals surface area contributed by atoms with Gasteiger partial charge in [-0.15, -0.1) is 0 Å². The number of piperidine rings is 1. The standard InChI is InChI=1S/C17H16F3N5O/c18-17(19,20)15-8-14(23-24-15)16(26)25-6-2-3-10(9-25)12-7-13-11(22-12)4-1-5-21-13/h1,4-5,7-8,10,22H,2-3,6,9H2,(H,23,24). The number of hydrogen-bond donors (Lipinski definition) is 2. The van der Waals surface area contributed by atoms with Gasteiger partial charge in [-0.2, -0.15) is 18.3 Å². The van der Waals surface area contributed by atoms with Crippen molar-refractivity contribution in [2.24, 2.45) is 0 Å². The van der Waals surface area contributed by atoms with Crippen molar-refractivity contribution in [3.63, 3.8) is 0 Å². The van der Waals surface area contributed by atoms with Crippen LogP contribution in [-0.4, -0.2) is 44.1 Å². The molecule has 0 aliphatic carbocycles. The molecular weight excluding hydrogens is 347 g/mol. The Morgan fingerprint density at radius 3 is 2.88 bits per heavy atom. The lowest BCUT2D eigenvalue weighted by molar-refractivity contribution is -0.141. The van der Waals surface area contributed by atoms with E-state index in [2.05, 4.69) is 15.1 Å². The molecule has 1 unspecified atom stereocenters. The molecule has 0 bridgehead atoms. The highest BCUT2D eigenvalue weighted by Gasteiger charge is 2.35. The zero-order valence-corrected chi connectivity index (χ0v) is 13.7. The van der Waals surface area contributed by atoms with Crippen LogP contribution in [0.3, 0.4) is 0 Å². The van der Waals surface area contributed by atoms with Gasteiger partial charge in [0.1, 0.15) is 5.69 Å². The average molecular weight is 363 g/mol. The highest BCUT2D eigenvalue weighted by Crippen LogP contribution is 2.30. The van der Waals surface area contributed by atoms with Crippen LogP contribution in [0.2, 0.25) is 0 Å². The van der Waals surface area contributed by atoms with E-state index in [1.54, 1.807) is 11.1 Å². The summed E-state index contributed by atoms with van der Waals surface area (Å²) in [5.74, 6) is -0.404. The molecule has 9 heteroatoms. The molecular formula is C17H16F3N5O. The van der Waals surface area contributed by atoms with Crippen LogP contribution in [-0.2, 0) is 6.18 Å². The lowest BCUT2D eigenvalue weighted by atomic mass is 9.94. The first-order valence-corrected chi connectivity index (χ1v) is 8.27. The fourth-order valence-corrected chi connectivity index (χ4v) is 3.35. The summed E-state index contributed by atoms with van der Waals surface area (Å²) in [6.07, 6.45) is -1.17. The summed E-state index contributed by atoms with van der Waals surface area (Å²) < 4.78 is 38.1. The van der Waals surface area contributed by atoms with Gasteiger partial charge >= 0.3 is 6.18 Å². The number of fused-ring (bicyclic) bond motifs is 1. The van der Waals surface area contributed by atoms with E-state index in [1.807, 2.05) is 23.3 Å². The molecule has 3 aromatic heterocycles. The lowest BCUT2D eigenvalue weighted by Crippen LogP contribution is -2.39. The Morgan fingerprint density at radius 1 is 1.31 bits per heavy atom. The van der Waals surface area contributed by atoms with Gasteiger partial charge in [0.05, 0.1) is 11.0 Å². The largest absolute Gasteiger partial charge is 0.432 e. The van der Waals surface area contributed by atoms with Gasteiger partial charge in [0.2, 0.25) is 0 Å². The normalized spacial score (nSPS) is 18.4. The molecule has 1 amide bonds. The van der Waals surface area contributed by atoms with Crippen molar-refractivity contribution in [2.45, 2.75) is 24.9 Å². The molecule has 6 nitrogen and oxygen atoms in total. The smallest absolute Gasteiger partial charge is 0.357 e. The van der Waals surface area contributed by atoms with Crippen LogP contribution in [0.5, 0.6) is 0 Å². The predicted molar refractivity (Wildman–Crippen MR) is 87.6 cm³/mol. The van der Waals surface area contributed by atoms with Crippen molar-refractivity contribution < 1.29 is 18.0 Å². The van der Waals surface area contributed by atoms with Gasteiger partial charge in [-0.25, -0.2) is 0 Å². The number of aromatic amines is 2. The molecule has 2 N–H and O–H groups in total. The summed E-state index contributed by atoms with van der Waals surface area (Å²) in [5.41, 5.74) is 1.53. The van der Waals surface area contributed by atoms with Gasteiger partial charge in [0.25, 0.3) is 5.91 Å². The van der Waals surface area contributed by atoms with Crippen molar-refractivity contribution >= 4 is 16.9 Å². The van der Waals surface area contributed by atoms with Gasteiger partial charge in [-0.05, 0) is 31.0 Å². The van der Waals surface area contributed by atoms with E-state index in [1.165, 1.54) is 0 Å². The molecule has 4 rings (SSSR count). The summed E-state index contributed by atoms with van der Waals surface area (Å²) in [4.78, 5) is 21.7. The molecule has 3 aromatic rings. The number of likely N-dealkylation sites (tertiary alicyclic amines) is 1. The fraction of sp³-hybridized carbons (Fsp3) is 0.353. The number of nitrogens with zero attached hydrogens (tertiary/aromatic N) is 3. The second-order valence-electron chi connectivity index (χ2n) is 6.42. The summed E-state index contributed by atoms with van der Waals surface area (Å²) in [6, 6.07) is 6.50. The number of H-pyrrole nitrogens is 2. The number of carbonyl (C=O) groups is 1. The van der Waals surface area contributed by atoms with Crippen LogP contribution in [0.15, 0.2) is 30.5 Å². The van der Waals surface area contributed by atoms with Crippen LogP contribution in [0.25, 0.3) is 11.0 Å². The van der Waals surface area contributed by atoms with E-state index in [0.29, 0.717) is 13.1 Å². The van der Waals surface area contributed by atoms with Gasteiger partial charge in [-0.3, -0.25) is 14.9 Å². The summed E-state index contributed by atoms with van der Waals surface area (Å²) in [5, 5.41) is 5.43. The van der Waals surface area contributed by atoms with Crippen molar-refractivity contribution in [3.05, 3.63) is 47.5 Å². The maximum absolute atomic E-state index is 12.7. The quantitative estimate of drug-likeness (QED) is 0.733. The highest BCUT2D eigenvalue weighted by atomic mass is 19.4. The zero-order chi connectivity index (χ0) is 18.3. The van der Waals surface area contributed by atoms with Crippen LogP contribution in [0, 0.1) is 0 Å². The predicted octanol–water partition coefficient (Wildman–Crippen LogP) is 3.32. The second kappa shape index (κ2) is 6.15. The molecule has 1 saturated heterocycles. The van der Waals surface area contributed by atoms with E-state index in [9.17, 15) is 18.0 Å². The van der Waals surface area contributed by atoms with Gasteiger partial charge in [0, 0.05) is 37.0 Å². The molecule has 1 fully saturated rings. The number of aromatic nitrogens is 4. The van der Waals surface area contributed by atoms with E-state index in [4.69, 9.17) is 0 Å². The second-order valence-corrected chi connectivity index (χ2v) is 6.42. The first-order valence-electron chi connectivity index (χ1n) is 8.27. The van der Waals surface area contributed by atoms with Crippen molar-refractivity contribution in [1.29, 1.82) is 0 Å². The summed E-state index contributed by atoms with van der Waals surface area (Å²) in [7, 11) is 0. The number of hydrogen-bond acceptors (Lipinski definition) is 3. The molecule has 1 aliphatic heterocycles. The molecule has 0 aromatic carbocycles. The Bertz CT molecular complexity index is 912. The summed E-state index contributed by atoms with van der Waals surface area (Å²) in [6.45, 7) is 0.932. The molecule has 0 saturated carbocycles. The Morgan fingerprint density at radius 2 is 2.15 bits per heavy atom. The van der Waals surface area contributed by atoms with E-state index in [-0.39, 0.29) is 11.6 Å². The molecule has 4 heterocycles. The topological polar surface area (TPSA) is 77.7 Å². The molecule has 26 heavy (non-hydrogen) atoms. The summed E-state index contributed by atoms with van der Waals surface area (Å²) >= 11 is 0. The first kappa shape index (κ1) is 16.6. The number of halogens is 3. The maximum atomic E-state index is 12.7. The molecule has 1 atom stereocenters. The number of rotatable bonds is 2. The molecule has 0 spiro atoms. The van der Waals surface area contributed by atoms with Gasteiger partial charge in [-0.1, -0.05) is 0 Å². The van der Waals surface area contributed by atoms with E-state index >= 15 is 0 Å².